The van der Waals surface area contributed by atoms with E-state index >= 15 is 26.3 Å². The zero-order valence-corrected chi connectivity index (χ0v) is 69.5. The monoisotopic (exact) mass is 1870 g/mol. The Morgan fingerprint density at radius 3 is 0.786 bits per heavy atom. The van der Waals surface area contributed by atoms with Gasteiger partial charge in [0.05, 0.1) is 94.7 Å². The second-order valence-electron chi connectivity index (χ2n) is 29.4. The number of nitrogens with zero attached hydrogens (tertiary/aromatic N) is 18. The highest BCUT2D eigenvalue weighted by Crippen LogP contribution is 2.58. The van der Waals surface area contributed by atoms with Gasteiger partial charge in [-0.15, -0.1) is 12.8 Å². The molecule has 0 bridgehead atoms. The van der Waals surface area contributed by atoms with Gasteiger partial charge in [-0.2, -0.15) is 63.1 Å². The molecular weight excluding hydrogens is 1840 g/mol. The third-order valence-electron chi connectivity index (χ3n) is 22.0. The predicted molar refractivity (Wildman–Crippen MR) is 462 cm³/mol. The minimum Gasteiger partial charge on any atom is -0.268 e. The Bertz CT molecular complexity index is 8110. The van der Waals surface area contributed by atoms with E-state index in [9.17, 15) is 111 Å². The summed E-state index contributed by atoms with van der Waals surface area (Å²) in [5.74, 6) is -30.0. The van der Waals surface area contributed by atoms with Crippen molar-refractivity contribution in [1.29, 1.82) is 63.1 Å². The molecule has 22 nitrogen and oxygen atoms in total. The van der Waals surface area contributed by atoms with Crippen molar-refractivity contribution in [3.05, 3.63) is 356 Å². The fraction of sp³-hybridized carbons (Fsp3) is 0.00971. The van der Waals surface area contributed by atoms with E-state index in [0.29, 0.717) is 33.5 Å². The topological polar surface area (TPSA) is 412 Å². The Balaban J connectivity index is 0.000000160. The van der Waals surface area contributed by atoms with Crippen LogP contribution in [0.15, 0.2) is 174 Å². The van der Waals surface area contributed by atoms with E-state index in [-0.39, 0.29) is 111 Å². The van der Waals surface area contributed by atoms with Crippen molar-refractivity contribution < 1.29 is 85.0 Å². The summed E-state index contributed by atoms with van der Waals surface area (Å²) in [7, 11) is 0. The zero-order chi connectivity index (χ0) is 101. The van der Waals surface area contributed by atoms with Gasteiger partial charge in [-0.1, -0.05) is 41.7 Å². The van der Waals surface area contributed by atoms with E-state index in [1.807, 2.05) is 73.7 Å². The zero-order valence-electron chi connectivity index (χ0n) is 69.5. The number of rotatable bonds is 9. The van der Waals surface area contributed by atoms with Crippen molar-refractivity contribution in [2.24, 2.45) is 0 Å². The smallest absolute Gasteiger partial charge is 0.265 e. The number of benzene rings is 12. The Morgan fingerprint density at radius 2 is 0.543 bits per heavy atom. The minimum absolute atomic E-state index is 0.00256. The molecule has 4 amide bonds. The molecule has 17 rings (SSSR count). The van der Waals surface area contributed by atoms with Crippen molar-refractivity contribution in [1.82, 2.24) is 19.9 Å². The number of halogens is 15. The van der Waals surface area contributed by atoms with Gasteiger partial charge < -0.3 is 0 Å². The van der Waals surface area contributed by atoms with Gasteiger partial charge in [0.25, 0.3) is 23.6 Å². The molecule has 0 unspecified atom stereocenters. The average Bonchev–Trinajstić information content (AvgIpc) is 1.53. The predicted octanol–water partition coefficient (Wildman–Crippen LogP) is 18.7. The molecule has 140 heavy (non-hydrogen) atoms. The van der Waals surface area contributed by atoms with Crippen molar-refractivity contribution >= 4 is 95.7 Å². The maximum atomic E-state index is 15.1. The Morgan fingerprint density at radius 1 is 0.286 bits per heavy atom. The maximum absolute atomic E-state index is 15.1. The number of carbonyl (C=O) groups is 4. The first-order valence-electron chi connectivity index (χ1n) is 39.1. The highest BCUT2D eigenvalue weighted by Gasteiger charge is 2.48. The summed E-state index contributed by atoms with van der Waals surface area (Å²) in [5.41, 5.74) is -17.2. The number of fused-ring (bicyclic) bond motifs is 2. The molecule has 2 aliphatic heterocycles. The molecule has 0 atom stereocenters. The van der Waals surface area contributed by atoms with Gasteiger partial charge in [0.1, 0.15) is 140 Å². The number of anilines is 2. The summed E-state index contributed by atoms with van der Waals surface area (Å²) in [5, 5.41) is 117. The molecule has 3 aliphatic rings. The third kappa shape index (κ3) is 15.2. The number of aryl methyl sites for hydroxylation is 1. The van der Waals surface area contributed by atoms with Gasteiger partial charge in [0.2, 0.25) is 0 Å². The maximum Gasteiger partial charge on any atom is 0.265 e. The van der Waals surface area contributed by atoms with Crippen LogP contribution >= 0.6 is 0 Å². The number of terminal acetylenes is 2. The number of amides is 4. The largest absolute Gasteiger partial charge is 0.268 e. The van der Waals surface area contributed by atoms with Crippen molar-refractivity contribution in [3.8, 4) is 143 Å². The van der Waals surface area contributed by atoms with Gasteiger partial charge in [-0.05, 0) is 140 Å². The van der Waals surface area contributed by atoms with Crippen LogP contribution in [0.3, 0.4) is 0 Å². The van der Waals surface area contributed by atoms with Crippen LogP contribution in [-0.2, 0) is 0 Å². The number of allylic oxidation sites excluding steroid dienone is 6. The molecule has 0 radical (unpaired) electrons. The fourth-order valence-corrected chi connectivity index (χ4v) is 15.5. The second-order valence-corrected chi connectivity index (χ2v) is 29.4. The number of imide groups is 2. The summed E-state index contributed by atoms with van der Waals surface area (Å²) >= 11 is 0. The molecule has 1 fully saturated rings. The lowest BCUT2D eigenvalue weighted by Crippen LogP contribution is -2.43. The van der Waals surface area contributed by atoms with Crippen LogP contribution in [0.25, 0.3) is 106 Å². The standard InChI is InChI=1S/C41H19F3N8.C31HF12N5.C31H11N5O4/c1-22-2-4-23(5-3-22)34-35(24-6-12-29(42)13-7-24)50-39-33(28(20-47)21-48)41-40(32(38(39)49-34)27(18-45)19-46)51-36(25-8-14-30(43)15-9-25)37(52-41)26-10-16-31(44)17-11-26;1-2-8-20(32)26(38)17(27(39)21(8)33)9(3-44)14-15(10(4-45)18-28(40)22(34)12(6-47)23(35)29(18)41)16(14)11(5-46)19-30(42)24(36)13(7-48)25(37)31(19)43;1-2-16-3-5-20(11-18(16)14-33)35-28(37)22-7-9-24-27-25(10-8-23(26(22)27)29(35)38)31(40)36(30(24)39)21-6-4-17(13-32)19(12-21)15-34/h2-17H,1H3;1H;1,3-12H. The lowest BCUT2D eigenvalue weighted by atomic mass is 9.85. The first kappa shape index (κ1) is 93.4. The van der Waals surface area contributed by atoms with Gasteiger partial charge in [0.15, 0.2) is 69.8 Å². The van der Waals surface area contributed by atoms with Crippen molar-refractivity contribution in [2.45, 2.75) is 6.92 Å². The summed E-state index contributed by atoms with van der Waals surface area (Å²) in [6.45, 7) is 1.91. The molecule has 0 spiro atoms. The van der Waals surface area contributed by atoms with E-state index in [1.165, 1.54) is 139 Å². The summed E-state index contributed by atoms with van der Waals surface area (Å²) in [6.07, 6.45) is 10.3. The summed E-state index contributed by atoms with van der Waals surface area (Å²) in [6, 6.07) is 55.4. The Kier molecular flexibility index (Phi) is 24.6. The molecule has 37 heteroatoms. The molecule has 12 aromatic carbocycles. The molecule has 4 heterocycles. The molecule has 0 N–H and O–H groups in total. The normalized spacial score (nSPS) is 12.5. The van der Waals surface area contributed by atoms with Crippen LogP contribution in [0.4, 0.5) is 77.2 Å². The van der Waals surface area contributed by atoms with Gasteiger partial charge in [-0.25, -0.2) is 95.6 Å². The molecule has 1 saturated carbocycles. The van der Waals surface area contributed by atoms with Gasteiger partial charge in [0, 0.05) is 77.6 Å². The number of nitriles is 12. The third-order valence-corrected chi connectivity index (χ3v) is 22.0. The first-order valence-corrected chi connectivity index (χ1v) is 39.1. The number of carbonyl (C=O) groups excluding carboxylic acids is 4. The van der Waals surface area contributed by atoms with E-state index in [4.69, 9.17) is 43.3 Å². The number of aromatic nitrogens is 4. The van der Waals surface area contributed by atoms with Crippen molar-refractivity contribution in [2.75, 3.05) is 9.80 Å². The molecule has 14 aromatic rings. The fourth-order valence-electron chi connectivity index (χ4n) is 15.5. The highest BCUT2D eigenvalue weighted by atomic mass is 19.2. The van der Waals surface area contributed by atoms with E-state index < -0.39 is 189 Å². The molecular formula is C103H31F15N18O4. The van der Waals surface area contributed by atoms with Crippen LogP contribution in [0.1, 0.15) is 103 Å². The number of hydrogen-bond donors (Lipinski definition) is 0. The Hall–Kier alpha value is -21.2. The quantitative estimate of drug-likeness (QED) is 0.0323. The van der Waals surface area contributed by atoms with Crippen LogP contribution in [-0.4, -0.2) is 43.6 Å². The molecule has 662 valence electrons. The Labute approximate surface area is 774 Å². The highest BCUT2D eigenvalue weighted by molar-refractivity contribution is 6.42. The van der Waals surface area contributed by atoms with Crippen LogP contribution in [0.5, 0.6) is 0 Å². The van der Waals surface area contributed by atoms with Crippen LogP contribution in [0, 0.1) is 255 Å². The SMILES string of the molecule is C#Cc1c(F)c(F)c(C(C#N)=C2C(=C(C#N)c3c(F)c(F)c(C#N)c(F)c3F)C2=C(C#N)c2c(F)c(F)c(C#N)c(F)c2F)c(F)c1F.C#Cc1ccc(N2C(=O)c3ccc4c5c(ccc(c35)C2=O)C(=O)N(c2ccc(C#N)c(C#N)c2)C4=O)cc1C#N.Cc1ccc(-c2nc3c(=C(C#N)C#N)c4nc(-c5ccc(F)cc5)c(-c5ccc(F)cc5)nc4c(=C(C#N)C#N)c3nc2-c2ccc(F)cc2)cc1. The summed E-state index contributed by atoms with van der Waals surface area (Å²) < 4.78 is 220. The first-order chi connectivity index (χ1) is 67.2. The van der Waals surface area contributed by atoms with E-state index in [2.05, 4.69) is 5.92 Å². The van der Waals surface area contributed by atoms with Gasteiger partial charge >= 0.3 is 0 Å². The van der Waals surface area contributed by atoms with Gasteiger partial charge in [-0.3, -0.25) is 19.2 Å². The lowest BCUT2D eigenvalue weighted by molar-refractivity contribution is 0.0873. The lowest BCUT2D eigenvalue weighted by Gasteiger charge is -2.32. The number of hydrogen-bond acceptors (Lipinski definition) is 20. The molecule has 1 aliphatic carbocycles. The summed E-state index contributed by atoms with van der Waals surface area (Å²) in [4.78, 5) is 76.0. The van der Waals surface area contributed by atoms with E-state index in [1.54, 1.807) is 0 Å². The van der Waals surface area contributed by atoms with Crippen LogP contribution < -0.4 is 20.2 Å². The van der Waals surface area contributed by atoms with Crippen LogP contribution in [0.2, 0.25) is 0 Å². The minimum atomic E-state index is -2.52. The molecule has 0 saturated heterocycles. The molecule has 2 aromatic heterocycles. The van der Waals surface area contributed by atoms with E-state index in [0.717, 1.165) is 45.7 Å². The second kappa shape index (κ2) is 36.8. The van der Waals surface area contributed by atoms with Crippen molar-refractivity contribution in [3.63, 3.8) is 0 Å². The average molecular weight is 1870 g/mol.